The first-order valence-corrected chi connectivity index (χ1v) is 12.5. The Hall–Kier alpha value is -3.99. The van der Waals surface area contributed by atoms with Gasteiger partial charge < -0.3 is 10.6 Å². The number of fused-ring (bicyclic) bond motifs is 1. The van der Waals surface area contributed by atoms with Crippen molar-refractivity contribution in [1.82, 2.24) is 15.6 Å². The van der Waals surface area contributed by atoms with Crippen LogP contribution in [0.1, 0.15) is 54.0 Å². The van der Waals surface area contributed by atoms with Crippen LogP contribution in [-0.4, -0.2) is 22.3 Å². The summed E-state index contributed by atoms with van der Waals surface area (Å²) in [4.78, 5) is 29.7. The molecule has 182 valence electrons. The standard InChI is InChI=1S/C31H31N3O2/c1-22-9-11-24(12-10-22)30(25-15-19-32-20-16-25)33-28(35)13-17-31(18-14-29(36)34-31)21-26-7-4-6-23-5-2-3-8-27(23)26/h2-12,15-16,19-20,30H,13-14,17-18,21H2,1H3,(H,33,35)(H,34,36). The number of hydrogen-bond donors (Lipinski definition) is 2. The Morgan fingerprint density at radius 1 is 0.972 bits per heavy atom. The van der Waals surface area contributed by atoms with Crippen LogP contribution in [0.25, 0.3) is 10.8 Å². The monoisotopic (exact) mass is 477 g/mol. The van der Waals surface area contributed by atoms with Crippen LogP contribution < -0.4 is 10.6 Å². The van der Waals surface area contributed by atoms with Crippen LogP contribution in [-0.2, 0) is 16.0 Å². The molecular formula is C31H31N3O2. The molecule has 2 unspecified atom stereocenters. The molecule has 2 amide bonds. The number of hydrogen-bond acceptors (Lipinski definition) is 3. The Bertz CT molecular complexity index is 1360. The molecule has 4 aromatic rings. The van der Waals surface area contributed by atoms with Gasteiger partial charge in [0.1, 0.15) is 0 Å². The second-order valence-electron chi connectivity index (χ2n) is 9.84. The van der Waals surface area contributed by atoms with E-state index in [-0.39, 0.29) is 17.9 Å². The Kier molecular flexibility index (Phi) is 6.81. The largest absolute Gasteiger partial charge is 0.350 e. The van der Waals surface area contributed by atoms with E-state index in [1.54, 1.807) is 12.4 Å². The smallest absolute Gasteiger partial charge is 0.220 e. The summed E-state index contributed by atoms with van der Waals surface area (Å²) in [5, 5.41) is 8.85. The molecule has 0 aliphatic carbocycles. The Morgan fingerprint density at radius 2 is 1.69 bits per heavy atom. The second-order valence-corrected chi connectivity index (χ2v) is 9.84. The summed E-state index contributed by atoms with van der Waals surface area (Å²) in [7, 11) is 0. The highest BCUT2D eigenvalue weighted by atomic mass is 16.2. The Balaban J connectivity index is 1.34. The molecule has 0 saturated carbocycles. The quantitative estimate of drug-likeness (QED) is 0.356. The van der Waals surface area contributed by atoms with Crippen LogP contribution in [0.2, 0.25) is 0 Å². The maximum Gasteiger partial charge on any atom is 0.220 e. The van der Waals surface area contributed by atoms with Crippen LogP contribution in [0.3, 0.4) is 0 Å². The van der Waals surface area contributed by atoms with Crippen molar-refractivity contribution in [2.75, 3.05) is 0 Å². The molecule has 1 aliphatic rings. The fraction of sp³-hybridized carbons (Fsp3) is 0.258. The number of rotatable bonds is 8. The molecule has 2 N–H and O–H groups in total. The van der Waals surface area contributed by atoms with Gasteiger partial charge in [0.05, 0.1) is 6.04 Å². The third-order valence-corrected chi connectivity index (χ3v) is 7.23. The molecule has 1 aromatic heterocycles. The zero-order chi connectivity index (χ0) is 25.0. The van der Waals surface area contributed by atoms with Crippen molar-refractivity contribution in [2.24, 2.45) is 0 Å². The highest BCUT2D eigenvalue weighted by Crippen LogP contribution is 2.32. The highest BCUT2D eigenvalue weighted by Gasteiger charge is 2.38. The number of amides is 2. The van der Waals surface area contributed by atoms with Gasteiger partial charge in [0, 0.05) is 30.8 Å². The van der Waals surface area contributed by atoms with Crippen molar-refractivity contribution in [3.63, 3.8) is 0 Å². The van der Waals surface area contributed by atoms with E-state index in [0.717, 1.165) is 17.5 Å². The van der Waals surface area contributed by atoms with Gasteiger partial charge in [-0.2, -0.15) is 0 Å². The van der Waals surface area contributed by atoms with E-state index in [9.17, 15) is 9.59 Å². The molecule has 1 aliphatic heterocycles. The van der Waals surface area contributed by atoms with E-state index in [4.69, 9.17) is 0 Å². The van der Waals surface area contributed by atoms with Crippen LogP contribution in [0.5, 0.6) is 0 Å². The number of carbonyl (C=O) groups excluding carboxylic acids is 2. The van der Waals surface area contributed by atoms with Crippen molar-refractivity contribution in [2.45, 2.75) is 50.6 Å². The molecule has 1 fully saturated rings. The maximum absolute atomic E-state index is 13.3. The van der Waals surface area contributed by atoms with Crippen molar-refractivity contribution >= 4 is 22.6 Å². The van der Waals surface area contributed by atoms with Crippen LogP contribution in [0.4, 0.5) is 0 Å². The van der Waals surface area contributed by atoms with Gasteiger partial charge in [0.2, 0.25) is 11.8 Å². The first-order valence-electron chi connectivity index (χ1n) is 12.5. The number of aromatic nitrogens is 1. The molecule has 2 atom stereocenters. The molecule has 0 bridgehead atoms. The van der Waals surface area contributed by atoms with E-state index in [0.29, 0.717) is 25.7 Å². The summed E-state index contributed by atoms with van der Waals surface area (Å²) >= 11 is 0. The average Bonchev–Trinajstić information content (AvgIpc) is 3.28. The molecule has 2 heterocycles. The topological polar surface area (TPSA) is 71.1 Å². The van der Waals surface area contributed by atoms with Gasteiger partial charge in [-0.1, -0.05) is 72.3 Å². The van der Waals surface area contributed by atoms with Gasteiger partial charge in [-0.15, -0.1) is 0 Å². The average molecular weight is 478 g/mol. The fourth-order valence-corrected chi connectivity index (χ4v) is 5.25. The summed E-state index contributed by atoms with van der Waals surface area (Å²) in [5.41, 5.74) is 3.96. The van der Waals surface area contributed by atoms with Crippen molar-refractivity contribution < 1.29 is 9.59 Å². The van der Waals surface area contributed by atoms with E-state index in [1.807, 2.05) is 24.3 Å². The normalized spacial score (nSPS) is 18.1. The molecule has 0 spiro atoms. The highest BCUT2D eigenvalue weighted by molar-refractivity contribution is 5.86. The molecule has 5 rings (SSSR count). The van der Waals surface area contributed by atoms with Gasteiger partial charge in [0.15, 0.2) is 0 Å². The van der Waals surface area contributed by atoms with Gasteiger partial charge in [-0.3, -0.25) is 14.6 Å². The predicted molar refractivity (Wildman–Crippen MR) is 142 cm³/mol. The zero-order valence-electron chi connectivity index (χ0n) is 20.5. The molecule has 3 aromatic carbocycles. The minimum atomic E-state index is -0.422. The van der Waals surface area contributed by atoms with Crippen molar-refractivity contribution in [1.29, 1.82) is 0 Å². The lowest BCUT2D eigenvalue weighted by Gasteiger charge is -2.30. The van der Waals surface area contributed by atoms with Crippen LogP contribution in [0.15, 0.2) is 91.3 Å². The molecule has 5 nitrogen and oxygen atoms in total. The van der Waals surface area contributed by atoms with Crippen LogP contribution in [0, 0.1) is 6.92 Å². The lowest BCUT2D eigenvalue weighted by Crippen LogP contribution is -2.44. The van der Waals surface area contributed by atoms with Crippen molar-refractivity contribution in [3.05, 3.63) is 114 Å². The lowest BCUT2D eigenvalue weighted by molar-refractivity contribution is -0.123. The SMILES string of the molecule is Cc1ccc(C(NC(=O)CCC2(Cc3cccc4ccccc34)CCC(=O)N2)c2ccncc2)cc1. The fourth-order valence-electron chi connectivity index (χ4n) is 5.25. The third kappa shape index (κ3) is 5.30. The Labute approximate surface area is 212 Å². The summed E-state index contributed by atoms with van der Waals surface area (Å²) in [6.07, 6.45) is 6.34. The first-order chi connectivity index (χ1) is 17.5. The lowest BCUT2D eigenvalue weighted by atomic mass is 9.83. The molecule has 1 saturated heterocycles. The number of benzene rings is 3. The van der Waals surface area contributed by atoms with E-state index in [1.165, 1.54) is 21.9 Å². The predicted octanol–water partition coefficient (Wildman–Crippen LogP) is 5.42. The van der Waals surface area contributed by atoms with Gasteiger partial charge in [-0.25, -0.2) is 0 Å². The summed E-state index contributed by atoms with van der Waals surface area (Å²) in [6.45, 7) is 2.05. The second kappa shape index (κ2) is 10.3. The molecule has 0 radical (unpaired) electrons. The van der Waals surface area contributed by atoms with Gasteiger partial charge >= 0.3 is 0 Å². The molecular weight excluding hydrogens is 446 g/mol. The van der Waals surface area contributed by atoms with E-state index < -0.39 is 5.54 Å². The zero-order valence-corrected chi connectivity index (χ0v) is 20.5. The Morgan fingerprint density at radius 3 is 2.44 bits per heavy atom. The van der Waals surface area contributed by atoms with Crippen molar-refractivity contribution in [3.8, 4) is 0 Å². The van der Waals surface area contributed by atoms with Gasteiger partial charge in [0.25, 0.3) is 0 Å². The van der Waals surface area contributed by atoms with E-state index >= 15 is 0 Å². The summed E-state index contributed by atoms with van der Waals surface area (Å²) < 4.78 is 0. The molecule has 5 heteroatoms. The number of nitrogens with zero attached hydrogens (tertiary/aromatic N) is 1. The summed E-state index contributed by atoms with van der Waals surface area (Å²) in [5.74, 6) is 0.0285. The van der Waals surface area contributed by atoms with E-state index in [2.05, 4.69) is 77.1 Å². The third-order valence-electron chi connectivity index (χ3n) is 7.23. The van der Waals surface area contributed by atoms with Crippen LogP contribution >= 0.6 is 0 Å². The molecule has 36 heavy (non-hydrogen) atoms. The number of aryl methyl sites for hydroxylation is 1. The number of pyridine rings is 1. The minimum Gasteiger partial charge on any atom is -0.350 e. The first kappa shape index (κ1) is 23.7. The minimum absolute atomic E-state index is 0.0316. The number of nitrogens with one attached hydrogen (secondary N) is 2. The summed E-state index contributed by atoms with van der Waals surface area (Å²) in [6, 6.07) is 26.5. The van der Waals surface area contributed by atoms with Gasteiger partial charge in [-0.05, 0) is 65.8 Å². The maximum atomic E-state index is 13.3. The number of carbonyl (C=O) groups is 2.